The maximum Gasteiger partial charge on any atom is 0.384 e. The van der Waals surface area contributed by atoms with E-state index in [2.05, 4.69) is 26.1 Å². The van der Waals surface area contributed by atoms with Gasteiger partial charge in [0.15, 0.2) is 0 Å². The summed E-state index contributed by atoms with van der Waals surface area (Å²) in [7, 11) is 3.81. The summed E-state index contributed by atoms with van der Waals surface area (Å²) in [6, 6.07) is -0.402. The van der Waals surface area contributed by atoms with Crippen LogP contribution in [0.15, 0.2) is 24.6 Å². The summed E-state index contributed by atoms with van der Waals surface area (Å²) in [6.07, 6.45) is 5.62. The van der Waals surface area contributed by atoms with Crippen LogP contribution in [-0.2, 0) is 28.6 Å². The quantitative estimate of drug-likeness (QED) is 0.156. The lowest BCUT2D eigenvalue weighted by molar-refractivity contribution is -0.135. The van der Waals surface area contributed by atoms with Crippen LogP contribution in [0.2, 0.25) is 0 Å². The molecule has 0 N–H and O–H groups in total. The van der Waals surface area contributed by atoms with Gasteiger partial charge in [0.1, 0.15) is 0 Å². The maximum absolute atomic E-state index is 11.3. The van der Waals surface area contributed by atoms with Gasteiger partial charge in [-0.2, -0.15) is 0 Å². The third-order valence-electron chi connectivity index (χ3n) is 3.04. The van der Waals surface area contributed by atoms with Crippen molar-refractivity contribution in [2.24, 2.45) is 0 Å². The van der Waals surface area contributed by atoms with Crippen molar-refractivity contribution in [3.63, 3.8) is 0 Å². The molecule has 0 aromatic rings. The van der Waals surface area contributed by atoms with E-state index in [-0.39, 0.29) is 0 Å². The smallest absolute Gasteiger partial charge is 0.384 e. The molecule has 8 nitrogen and oxygen atoms in total. The summed E-state index contributed by atoms with van der Waals surface area (Å²) in [5.41, 5.74) is 0. The van der Waals surface area contributed by atoms with Crippen molar-refractivity contribution in [2.45, 2.75) is 19.9 Å². The van der Waals surface area contributed by atoms with Gasteiger partial charge in [0.25, 0.3) is 0 Å². The molecule has 0 saturated heterocycles. The van der Waals surface area contributed by atoms with Crippen LogP contribution in [0.5, 0.6) is 0 Å². The molecule has 0 amide bonds. The molecule has 25 heavy (non-hydrogen) atoms. The van der Waals surface area contributed by atoms with Gasteiger partial charge in [0.2, 0.25) is 0 Å². The predicted octanol–water partition coefficient (Wildman–Crippen LogP) is 0.506. The molecule has 0 heterocycles. The first-order valence-electron chi connectivity index (χ1n) is 7.49. The number of hydrogen-bond acceptors (Lipinski definition) is 8. The van der Waals surface area contributed by atoms with Gasteiger partial charge in [-0.25, -0.2) is 14.4 Å². The number of ether oxygens (including phenoxy) is 3. The molecule has 0 saturated carbocycles. The number of rotatable bonds is 8. The van der Waals surface area contributed by atoms with Crippen molar-refractivity contribution < 1.29 is 28.6 Å². The zero-order chi connectivity index (χ0) is 19.2. The molecule has 0 aromatic carbocycles. The SMILES string of the molecule is CCN(/C=C/C(=O)OC)CN(/C=C/C(=O)OC)C(C)C#CC(=O)OC. The maximum atomic E-state index is 11.3. The van der Waals surface area contributed by atoms with Crippen molar-refractivity contribution in [3.05, 3.63) is 24.6 Å². The lowest BCUT2D eigenvalue weighted by Crippen LogP contribution is -2.37. The Morgan fingerprint density at radius 1 is 1.00 bits per heavy atom. The van der Waals surface area contributed by atoms with Gasteiger partial charge in [-0.3, -0.25) is 0 Å². The zero-order valence-electron chi connectivity index (χ0n) is 15.1. The van der Waals surface area contributed by atoms with Gasteiger partial charge < -0.3 is 24.0 Å². The minimum atomic E-state index is -0.651. The van der Waals surface area contributed by atoms with Crippen LogP contribution in [0.3, 0.4) is 0 Å². The van der Waals surface area contributed by atoms with E-state index in [1.807, 2.05) is 6.92 Å². The second kappa shape index (κ2) is 12.5. The highest BCUT2D eigenvalue weighted by atomic mass is 16.5. The van der Waals surface area contributed by atoms with Crippen LogP contribution < -0.4 is 0 Å². The third kappa shape index (κ3) is 9.71. The Morgan fingerprint density at radius 2 is 1.56 bits per heavy atom. The van der Waals surface area contributed by atoms with Crippen LogP contribution in [-0.4, -0.2) is 68.3 Å². The second-order valence-electron chi connectivity index (χ2n) is 4.68. The fourth-order valence-corrected chi connectivity index (χ4v) is 1.52. The molecule has 0 aliphatic heterocycles. The first-order chi connectivity index (χ1) is 11.9. The molecule has 0 spiro atoms. The standard InChI is InChI=1S/C17H24N2O6/c1-6-18(11-9-16(21)24-4)13-19(12-10-17(22)25-5)14(2)7-8-15(20)23-3/h9-12,14H,6,13H2,1-5H3/b11-9+,12-10+. The number of hydrogen-bond donors (Lipinski definition) is 0. The van der Waals surface area contributed by atoms with Gasteiger partial charge in [-0.1, -0.05) is 5.92 Å². The molecule has 0 radical (unpaired) electrons. The molecule has 0 aliphatic rings. The average Bonchev–Trinajstić information content (AvgIpc) is 2.64. The fraction of sp³-hybridized carbons (Fsp3) is 0.471. The van der Waals surface area contributed by atoms with E-state index in [0.29, 0.717) is 13.2 Å². The Morgan fingerprint density at radius 3 is 2.04 bits per heavy atom. The molecule has 0 fully saturated rings. The topological polar surface area (TPSA) is 85.4 Å². The van der Waals surface area contributed by atoms with Gasteiger partial charge in [0.05, 0.1) is 34.0 Å². The summed E-state index contributed by atoms with van der Waals surface area (Å²) < 4.78 is 13.6. The van der Waals surface area contributed by atoms with Crippen molar-refractivity contribution in [3.8, 4) is 11.8 Å². The monoisotopic (exact) mass is 352 g/mol. The van der Waals surface area contributed by atoms with Gasteiger partial charge in [-0.15, -0.1) is 0 Å². The van der Waals surface area contributed by atoms with Gasteiger partial charge in [0, 0.05) is 37.0 Å². The molecule has 138 valence electrons. The van der Waals surface area contributed by atoms with E-state index < -0.39 is 23.9 Å². The van der Waals surface area contributed by atoms with E-state index >= 15 is 0 Å². The Bertz CT molecular complexity index is 573. The van der Waals surface area contributed by atoms with E-state index in [0.717, 1.165) is 0 Å². The molecular weight excluding hydrogens is 328 g/mol. The third-order valence-corrected chi connectivity index (χ3v) is 3.04. The molecule has 1 atom stereocenters. The fourth-order valence-electron chi connectivity index (χ4n) is 1.52. The Kier molecular flexibility index (Phi) is 11.0. The molecule has 8 heteroatoms. The first kappa shape index (κ1) is 22.1. The van der Waals surface area contributed by atoms with Crippen LogP contribution in [0.4, 0.5) is 0 Å². The van der Waals surface area contributed by atoms with Crippen molar-refractivity contribution >= 4 is 17.9 Å². The van der Waals surface area contributed by atoms with Gasteiger partial charge in [-0.05, 0) is 13.8 Å². The minimum absolute atomic E-state index is 0.314. The minimum Gasteiger partial charge on any atom is -0.466 e. The summed E-state index contributed by atoms with van der Waals surface area (Å²) in [6.45, 7) is 4.56. The van der Waals surface area contributed by atoms with E-state index in [1.165, 1.54) is 39.7 Å². The Hall–Kier alpha value is -2.95. The van der Waals surface area contributed by atoms with E-state index in [4.69, 9.17) is 0 Å². The van der Waals surface area contributed by atoms with E-state index in [9.17, 15) is 14.4 Å². The average molecular weight is 352 g/mol. The summed E-state index contributed by atoms with van der Waals surface area (Å²) in [5.74, 6) is 3.44. The number of carbonyl (C=O) groups is 3. The molecule has 0 rings (SSSR count). The van der Waals surface area contributed by atoms with Crippen LogP contribution in [0.1, 0.15) is 13.8 Å². The highest BCUT2D eigenvalue weighted by Crippen LogP contribution is 2.04. The number of esters is 3. The highest BCUT2D eigenvalue weighted by molar-refractivity contribution is 5.88. The second-order valence-corrected chi connectivity index (χ2v) is 4.68. The highest BCUT2D eigenvalue weighted by Gasteiger charge is 2.11. The lowest BCUT2D eigenvalue weighted by atomic mass is 10.3. The number of methoxy groups -OCH3 is 3. The first-order valence-corrected chi connectivity index (χ1v) is 7.49. The van der Waals surface area contributed by atoms with Crippen LogP contribution in [0, 0.1) is 11.8 Å². The Labute approximate surface area is 148 Å². The molecular formula is C17H24N2O6. The normalized spacial score (nSPS) is 11.4. The summed E-state index contributed by atoms with van der Waals surface area (Å²) in [4.78, 5) is 37.2. The molecule has 0 bridgehead atoms. The zero-order valence-corrected chi connectivity index (χ0v) is 15.1. The lowest BCUT2D eigenvalue weighted by Gasteiger charge is -2.30. The molecule has 0 aliphatic carbocycles. The molecule has 0 aromatic heterocycles. The van der Waals surface area contributed by atoms with E-state index in [1.54, 1.807) is 22.9 Å². The number of nitrogens with zero attached hydrogens (tertiary/aromatic N) is 2. The van der Waals surface area contributed by atoms with Gasteiger partial charge >= 0.3 is 17.9 Å². The van der Waals surface area contributed by atoms with Crippen molar-refractivity contribution in [1.29, 1.82) is 0 Å². The largest absolute Gasteiger partial charge is 0.466 e. The van der Waals surface area contributed by atoms with Crippen molar-refractivity contribution in [1.82, 2.24) is 9.80 Å². The van der Waals surface area contributed by atoms with Crippen LogP contribution in [0.25, 0.3) is 0 Å². The number of carbonyl (C=O) groups excluding carboxylic acids is 3. The Balaban J connectivity index is 5.27. The summed E-state index contributed by atoms with van der Waals surface area (Å²) in [5, 5.41) is 0. The van der Waals surface area contributed by atoms with Crippen LogP contribution >= 0.6 is 0 Å². The predicted molar refractivity (Wildman–Crippen MR) is 90.7 cm³/mol. The molecule has 1 unspecified atom stereocenters. The summed E-state index contributed by atoms with van der Waals surface area (Å²) >= 11 is 0. The van der Waals surface area contributed by atoms with Crippen molar-refractivity contribution in [2.75, 3.05) is 34.5 Å².